The van der Waals surface area contributed by atoms with Crippen molar-refractivity contribution in [2.24, 2.45) is 0 Å². The van der Waals surface area contributed by atoms with Crippen LogP contribution in [0.5, 0.6) is 5.75 Å². The van der Waals surface area contributed by atoms with E-state index in [4.69, 9.17) is 0 Å². The molecule has 1 aliphatic carbocycles. The van der Waals surface area contributed by atoms with Gasteiger partial charge in [-0.25, -0.2) is 4.79 Å². The zero-order valence-electron chi connectivity index (χ0n) is 13.8. The van der Waals surface area contributed by atoms with E-state index in [1.54, 1.807) is 42.5 Å². The van der Waals surface area contributed by atoms with Gasteiger partial charge in [0.05, 0.1) is 14.5 Å². The summed E-state index contributed by atoms with van der Waals surface area (Å²) in [7, 11) is 0. The number of benzene rings is 2. The number of rotatable bonds is 3. The van der Waals surface area contributed by atoms with E-state index >= 15 is 0 Å². The standard InChI is InChI=1S/C20H10Br4O4/c21-13-5-9(6-14(22)18(13)25)17(10-7-15(23)19(26)16(24)8-10)11-3-1-2-4-12(11)20(27)28/h1-8,25H,(H,27,28)/p-1. The number of hydrogen-bond donors (Lipinski definition) is 1. The van der Waals surface area contributed by atoms with Crippen LogP contribution < -0.4 is 5.11 Å². The molecule has 1 aliphatic rings. The Balaban J connectivity index is 2.43. The zero-order chi connectivity index (χ0) is 20.6. The maximum absolute atomic E-state index is 12.1. The first-order valence-corrected chi connectivity index (χ1v) is 10.9. The van der Waals surface area contributed by atoms with Crippen LogP contribution in [0, 0.1) is 0 Å². The maximum Gasteiger partial charge on any atom is 0.336 e. The van der Waals surface area contributed by atoms with Crippen molar-refractivity contribution < 1.29 is 19.8 Å². The van der Waals surface area contributed by atoms with Crippen LogP contribution in [0.2, 0.25) is 0 Å². The highest BCUT2D eigenvalue weighted by Crippen LogP contribution is 2.40. The van der Waals surface area contributed by atoms with Gasteiger partial charge in [0.15, 0.2) is 0 Å². The topological polar surface area (TPSA) is 77.4 Å². The van der Waals surface area contributed by atoms with Gasteiger partial charge in [-0.2, -0.15) is 0 Å². The highest BCUT2D eigenvalue weighted by Gasteiger charge is 2.22. The minimum absolute atomic E-state index is 0.106. The number of Topliss-reactive ketones (excluding diaryl/α,β-unsaturated/α-hetero) is 1. The largest absolute Gasteiger partial charge is 0.871 e. The van der Waals surface area contributed by atoms with Crippen LogP contribution in [-0.4, -0.2) is 16.9 Å². The third-order valence-corrected chi connectivity index (χ3v) is 6.36. The van der Waals surface area contributed by atoms with Crippen LogP contribution in [-0.2, 0) is 4.79 Å². The van der Waals surface area contributed by atoms with Crippen LogP contribution in [0.4, 0.5) is 0 Å². The molecule has 2 aromatic rings. The Hall–Kier alpha value is -1.48. The van der Waals surface area contributed by atoms with Crippen molar-refractivity contribution in [2.45, 2.75) is 0 Å². The molecule has 0 atom stereocenters. The first kappa shape index (κ1) is 21.2. The number of allylic oxidation sites excluding steroid dienone is 5. The Morgan fingerprint density at radius 3 is 1.89 bits per heavy atom. The molecule has 0 saturated carbocycles. The number of hydrogen-bond acceptors (Lipinski definition) is 3. The van der Waals surface area contributed by atoms with E-state index in [2.05, 4.69) is 63.7 Å². The smallest absolute Gasteiger partial charge is 0.336 e. The van der Waals surface area contributed by atoms with Crippen LogP contribution in [0.1, 0.15) is 21.5 Å². The van der Waals surface area contributed by atoms with Crippen molar-refractivity contribution in [3.8, 4) is 5.75 Å². The molecule has 0 aromatic heterocycles. The summed E-state index contributed by atoms with van der Waals surface area (Å²) < 4.78 is 1.34. The Labute approximate surface area is 194 Å². The molecule has 0 spiro atoms. The van der Waals surface area contributed by atoms with Crippen LogP contribution in [0.15, 0.2) is 72.0 Å². The first-order chi connectivity index (χ1) is 13.2. The summed E-state index contributed by atoms with van der Waals surface area (Å²) in [6.07, 6.45) is 3.27. The second-order valence-electron chi connectivity index (χ2n) is 5.76. The van der Waals surface area contributed by atoms with Crippen LogP contribution in [0.3, 0.4) is 0 Å². The van der Waals surface area contributed by atoms with Gasteiger partial charge >= 0.3 is 5.97 Å². The van der Waals surface area contributed by atoms with Gasteiger partial charge in [0, 0.05) is 8.95 Å². The number of carboxylic acid groups (broad SMARTS) is 1. The summed E-state index contributed by atoms with van der Waals surface area (Å²) in [4.78, 5) is 23.9. The van der Waals surface area contributed by atoms with Crippen molar-refractivity contribution >= 4 is 81.0 Å². The summed E-state index contributed by atoms with van der Waals surface area (Å²) >= 11 is 13.0. The fraction of sp³-hybridized carbons (Fsp3) is 0. The van der Waals surface area contributed by atoms with E-state index < -0.39 is 5.97 Å². The van der Waals surface area contributed by atoms with Gasteiger partial charge in [-0.3, -0.25) is 4.79 Å². The quantitative estimate of drug-likeness (QED) is 0.456. The Morgan fingerprint density at radius 2 is 1.39 bits per heavy atom. The molecule has 0 amide bonds. The summed E-state index contributed by atoms with van der Waals surface area (Å²) in [5.74, 6) is -1.51. The maximum atomic E-state index is 12.1. The molecule has 0 unspecified atom stereocenters. The van der Waals surface area contributed by atoms with E-state index in [-0.39, 0.29) is 17.1 Å². The SMILES string of the molecule is O=C1C(Br)=CC(=C(c2cc(Br)c([O-])c(Br)c2)c2ccccc2C(=O)O)C=C1Br. The molecule has 4 nitrogen and oxygen atoms in total. The van der Waals surface area contributed by atoms with E-state index in [9.17, 15) is 19.8 Å². The lowest BCUT2D eigenvalue weighted by Gasteiger charge is -2.20. The van der Waals surface area contributed by atoms with Gasteiger partial charge in [0.2, 0.25) is 5.78 Å². The predicted octanol–water partition coefficient (Wildman–Crippen LogP) is 5.93. The Kier molecular flexibility index (Phi) is 6.44. The van der Waals surface area contributed by atoms with Crippen LogP contribution in [0.25, 0.3) is 5.57 Å². The molecular formula is C20H9Br4O4-. The molecule has 2 aromatic carbocycles. The number of ketones is 1. The second kappa shape index (κ2) is 8.49. The van der Waals surface area contributed by atoms with E-state index in [0.29, 0.717) is 40.2 Å². The lowest BCUT2D eigenvalue weighted by atomic mass is 9.88. The molecule has 0 bridgehead atoms. The molecule has 3 rings (SSSR count). The third kappa shape index (κ3) is 4.10. The van der Waals surface area contributed by atoms with Crippen molar-refractivity contribution in [2.75, 3.05) is 0 Å². The highest BCUT2D eigenvalue weighted by molar-refractivity contribution is 9.13. The molecule has 0 aliphatic heterocycles. The fourth-order valence-corrected chi connectivity index (χ4v) is 5.15. The summed E-state index contributed by atoms with van der Waals surface area (Å²) in [5.41, 5.74) is 2.37. The fourth-order valence-electron chi connectivity index (χ4n) is 2.77. The van der Waals surface area contributed by atoms with Gasteiger partial charge in [0.1, 0.15) is 0 Å². The number of aromatic carboxylic acids is 1. The van der Waals surface area contributed by atoms with Gasteiger partial charge < -0.3 is 10.2 Å². The molecule has 28 heavy (non-hydrogen) atoms. The van der Waals surface area contributed by atoms with Gasteiger partial charge in [-0.1, -0.05) is 55.8 Å². The molecule has 1 N–H and O–H groups in total. The number of carbonyl (C=O) groups excluding carboxylic acids is 1. The normalized spacial score (nSPS) is 13.9. The van der Waals surface area contributed by atoms with Gasteiger partial charge in [-0.15, -0.1) is 0 Å². The van der Waals surface area contributed by atoms with Crippen molar-refractivity contribution in [3.05, 3.63) is 88.7 Å². The molecule has 0 saturated heterocycles. The van der Waals surface area contributed by atoms with Crippen molar-refractivity contribution in [3.63, 3.8) is 0 Å². The molecule has 0 fully saturated rings. The number of carboxylic acids is 1. The van der Waals surface area contributed by atoms with Gasteiger partial charge in [0.25, 0.3) is 0 Å². The Morgan fingerprint density at radius 1 is 0.893 bits per heavy atom. The van der Waals surface area contributed by atoms with Gasteiger partial charge in [-0.05, 0) is 84.5 Å². The minimum Gasteiger partial charge on any atom is -0.871 e. The summed E-state index contributed by atoms with van der Waals surface area (Å²) in [6, 6.07) is 9.85. The van der Waals surface area contributed by atoms with E-state index in [1.807, 2.05) is 0 Å². The molecule has 0 heterocycles. The molecule has 142 valence electrons. The average Bonchev–Trinajstić information content (AvgIpc) is 2.64. The number of halogens is 4. The molecule has 0 radical (unpaired) electrons. The van der Waals surface area contributed by atoms with Crippen molar-refractivity contribution in [1.29, 1.82) is 0 Å². The minimum atomic E-state index is -1.08. The highest BCUT2D eigenvalue weighted by atomic mass is 79.9. The average molecular weight is 633 g/mol. The number of carbonyl (C=O) groups is 2. The lowest BCUT2D eigenvalue weighted by molar-refractivity contribution is -0.270. The summed E-state index contributed by atoms with van der Waals surface area (Å²) in [6.45, 7) is 0. The summed E-state index contributed by atoms with van der Waals surface area (Å²) in [5, 5.41) is 21.8. The Bertz CT molecular complexity index is 1070. The van der Waals surface area contributed by atoms with Crippen LogP contribution >= 0.6 is 63.7 Å². The van der Waals surface area contributed by atoms with E-state index in [0.717, 1.165) is 0 Å². The zero-order valence-corrected chi connectivity index (χ0v) is 20.1. The second-order valence-corrected chi connectivity index (χ2v) is 9.18. The first-order valence-electron chi connectivity index (χ1n) is 7.73. The lowest BCUT2D eigenvalue weighted by Crippen LogP contribution is -2.07. The van der Waals surface area contributed by atoms with Crippen molar-refractivity contribution in [1.82, 2.24) is 0 Å². The van der Waals surface area contributed by atoms with E-state index in [1.165, 1.54) is 6.07 Å². The molecular weight excluding hydrogens is 624 g/mol. The predicted molar refractivity (Wildman–Crippen MR) is 120 cm³/mol. The monoisotopic (exact) mass is 629 g/mol. The molecule has 8 heteroatoms. The third-order valence-electron chi connectivity index (χ3n) is 4.00.